The second kappa shape index (κ2) is 10.9. The van der Waals surface area contributed by atoms with Crippen molar-refractivity contribution in [2.24, 2.45) is 5.92 Å². The van der Waals surface area contributed by atoms with Crippen molar-refractivity contribution in [1.82, 2.24) is 19.7 Å². The summed E-state index contributed by atoms with van der Waals surface area (Å²) in [4.78, 5) is 23.4. The highest BCUT2D eigenvalue weighted by atomic mass is 32.1. The lowest BCUT2D eigenvalue weighted by Crippen LogP contribution is -2.31. The van der Waals surface area contributed by atoms with E-state index >= 15 is 0 Å². The van der Waals surface area contributed by atoms with E-state index in [-0.39, 0.29) is 36.2 Å². The van der Waals surface area contributed by atoms with E-state index in [1.807, 2.05) is 30.2 Å². The molecule has 0 spiro atoms. The van der Waals surface area contributed by atoms with Crippen LogP contribution in [0.3, 0.4) is 0 Å². The first-order valence-electron chi connectivity index (χ1n) is 11.0. The smallest absolute Gasteiger partial charge is 0.489 e. The number of Topliss-reactive ketones (excluding diaryl/α,β-unsaturated/α-hetero) is 1. The second-order valence-corrected chi connectivity index (χ2v) is 8.41. The fraction of sp³-hybridized carbons (Fsp3) is 0.292. The van der Waals surface area contributed by atoms with E-state index in [1.165, 1.54) is 35.3 Å². The molecule has 1 aliphatic heterocycles. The van der Waals surface area contributed by atoms with Crippen LogP contribution in [0.4, 0.5) is 19.0 Å². The van der Waals surface area contributed by atoms with Gasteiger partial charge in [-0.1, -0.05) is 36.5 Å². The summed E-state index contributed by atoms with van der Waals surface area (Å²) in [6, 6.07) is 9.06. The van der Waals surface area contributed by atoms with Crippen molar-refractivity contribution in [1.29, 1.82) is 0 Å². The normalized spacial score (nSPS) is 15.9. The van der Waals surface area contributed by atoms with E-state index in [0.717, 1.165) is 0 Å². The number of carbonyl (C=O) groups is 1. The van der Waals surface area contributed by atoms with Crippen LogP contribution in [0.25, 0.3) is 0 Å². The fourth-order valence-corrected chi connectivity index (χ4v) is 3.79. The molecule has 1 atom stereocenters. The lowest BCUT2D eigenvalue weighted by atomic mass is 10.1. The van der Waals surface area contributed by atoms with Crippen LogP contribution >= 0.6 is 12.2 Å². The first kappa shape index (κ1) is 25.3. The number of pyridine rings is 1. The van der Waals surface area contributed by atoms with Gasteiger partial charge >= 0.3 is 6.36 Å². The topological polar surface area (TPSA) is 82.4 Å². The Morgan fingerprint density at radius 1 is 1.25 bits per heavy atom. The molecule has 36 heavy (non-hydrogen) atoms. The molecule has 0 N–H and O–H groups in total. The van der Waals surface area contributed by atoms with E-state index in [0.29, 0.717) is 35.1 Å². The Labute approximate surface area is 210 Å². The molecule has 0 bridgehead atoms. The van der Waals surface area contributed by atoms with Gasteiger partial charge in [0.05, 0.1) is 17.5 Å². The van der Waals surface area contributed by atoms with E-state index in [2.05, 4.69) is 19.8 Å². The molecule has 8 nitrogen and oxygen atoms in total. The quantitative estimate of drug-likeness (QED) is 0.243. The van der Waals surface area contributed by atoms with Crippen LogP contribution in [0, 0.1) is 5.92 Å². The number of nitrogens with zero attached hydrogens (tertiary/aromatic N) is 5. The minimum Gasteiger partial charge on any atom is -0.489 e. The van der Waals surface area contributed by atoms with Gasteiger partial charge in [-0.15, -0.1) is 18.3 Å². The maximum absolute atomic E-state index is 12.5. The molecule has 188 valence electrons. The predicted octanol–water partition coefficient (Wildman–Crippen LogP) is 4.61. The van der Waals surface area contributed by atoms with Crippen molar-refractivity contribution < 1.29 is 27.4 Å². The first-order chi connectivity index (χ1) is 17.2. The third kappa shape index (κ3) is 6.45. The van der Waals surface area contributed by atoms with Crippen molar-refractivity contribution in [2.75, 3.05) is 18.6 Å². The van der Waals surface area contributed by atoms with Gasteiger partial charge < -0.3 is 14.4 Å². The summed E-state index contributed by atoms with van der Waals surface area (Å²) in [6.07, 6.45) is 2.85. The highest BCUT2D eigenvalue weighted by Crippen LogP contribution is 2.30. The minimum atomic E-state index is -4.74. The average molecular weight is 518 g/mol. The molecule has 0 fully saturated rings. The zero-order chi connectivity index (χ0) is 25.7. The van der Waals surface area contributed by atoms with E-state index in [1.54, 1.807) is 12.3 Å². The van der Waals surface area contributed by atoms with Crippen LogP contribution in [0.2, 0.25) is 0 Å². The lowest BCUT2D eigenvalue weighted by Gasteiger charge is -2.19. The van der Waals surface area contributed by atoms with Crippen LogP contribution in [-0.4, -0.2) is 50.5 Å². The van der Waals surface area contributed by atoms with Gasteiger partial charge in [0.15, 0.2) is 11.6 Å². The Morgan fingerprint density at radius 3 is 2.78 bits per heavy atom. The molecule has 2 aromatic heterocycles. The van der Waals surface area contributed by atoms with Crippen LogP contribution < -0.4 is 14.4 Å². The van der Waals surface area contributed by atoms with Crippen molar-refractivity contribution in [2.45, 2.75) is 25.7 Å². The van der Waals surface area contributed by atoms with Crippen LogP contribution in [0.15, 0.2) is 61.1 Å². The number of ether oxygens (including phenoxy) is 2. The number of benzene rings is 1. The van der Waals surface area contributed by atoms with E-state index in [9.17, 15) is 18.0 Å². The van der Waals surface area contributed by atoms with E-state index in [4.69, 9.17) is 17.0 Å². The van der Waals surface area contributed by atoms with Crippen molar-refractivity contribution in [3.05, 3.63) is 72.5 Å². The number of hydrogen-bond acceptors (Lipinski definition) is 7. The third-order valence-corrected chi connectivity index (χ3v) is 5.91. The Balaban J connectivity index is 1.27. The summed E-state index contributed by atoms with van der Waals surface area (Å²) in [5.74, 6) is 0.745. The van der Waals surface area contributed by atoms with Gasteiger partial charge in [0.25, 0.3) is 0 Å². The number of hydrogen-bond donors (Lipinski definition) is 0. The van der Waals surface area contributed by atoms with Crippen LogP contribution in [0.5, 0.6) is 11.5 Å². The van der Waals surface area contributed by atoms with Gasteiger partial charge in [0.2, 0.25) is 11.6 Å². The number of fused-ring (bicyclic) bond motifs is 1. The number of thiocarbonyl (C=S) groups is 1. The number of carbonyl (C=O) groups excluding carboxylic acids is 1. The molecule has 1 aromatic carbocycles. The Kier molecular flexibility index (Phi) is 7.63. The molecule has 3 aromatic rings. The van der Waals surface area contributed by atoms with Crippen LogP contribution in [0.1, 0.15) is 29.0 Å². The Morgan fingerprint density at radius 2 is 2.03 bits per heavy atom. The number of anilines is 1. The first-order valence-corrected chi connectivity index (χ1v) is 11.4. The lowest BCUT2D eigenvalue weighted by molar-refractivity contribution is -0.274. The van der Waals surface area contributed by atoms with Gasteiger partial charge in [-0.3, -0.25) is 4.79 Å². The van der Waals surface area contributed by atoms with Crippen molar-refractivity contribution in [3.63, 3.8) is 0 Å². The molecule has 1 aliphatic rings. The molecule has 0 unspecified atom stereocenters. The Bertz CT molecular complexity index is 1260. The number of alkyl halides is 3. The fourth-order valence-electron chi connectivity index (χ4n) is 3.56. The third-order valence-electron chi connectivity index (χ3n) is 5.33. The SMILES string of the molecule is CN1C(=S)[C@@H](/C=C/CCC(=O)c2ncn(Cc3ccc(OC(F)(F)F)cc3)n2)COc2cccnc21. The highest BCUT2D eigenvalue weighted by molar-refractivity contribution is 7.80. The average Bonchev–Trinajstić information content (AvgIpc) is 3.27. The zero-order valence-corrected chi connectivity index (χ0v) is 20.0. The standard InChI is InChI=1S/C24H22F3N5O3S/c1-31-22-20(7-4-12-28-22)34-14-17(23(31)36)5-2-3-6-19(33)21-29-15-32(30-21)13-16-8-10-18(11-9-16)35-24(25,26)27/h2,4-5,7-12,15,17H,3,6,13-14H2,1H3/b5-2+/t17-/m0/s1. The highest BCUT2D eigenvalue weighted by Gasteiger charge is 2.31. The summed E-state index contributed by atoms with van der Waals surface area (Å²) >= 11 is 5.59. The zero-order valence-electron chi connectivity index (χ0n) is 19.2. The van der Waals surface area contributed by atoms with Gasteiger partial charge in [-0.2, -0.15) is 0 Å². The Hall–Kier alpha value is -3.80. The van der Waals surface area contributed by atoms with Gasteiger partial charge in [0.1, 0.15) is 18.7 Å². The van der Waals surface area contributed by atoms with Gasteiger partial charge in [-0.05, 0) is 36.2 Å². The summed E-state index contributed by atoms with van der Waals surface area (Å²) in [5, 5.41) is 4.18. The number of rotatable bonds is 8. The molecule has 0 amide bonds. The summed E-state index contributed by atoms with van der Waals surface area (Å²) in [6.45, 7) is 0.623. The number of halogens is 3. The number of aromatic nitrogens is 4. The molecule has 0 saturated carbocycles. The largest absolute Gasteiger partial charge is 0.573 e. The predicted molar refractivity (Wildman–Crippen MR) is 129 cm³/mol. The maximum Gasteiger partial charge on any atom is 0.573 e. The van der Waals surface area contributed by atoms with E-state index < -0.39 is 6.36 Å². The summed E-state index contributed by atoms with van der Waals surface area (Å²) in [5.41, 5.74) is 0.681. The van der Waals surface area contributed by atoms with Gasteiger partial charge in [-0.25, -0.2) is 14.6 Å². The molecular formula is C24H22F3N5O3S. The second-order valence-electron chi connectivity index (χ2n) is 7.99. The molecule has 4 rings (SSSR count). The molecule has 12 heteroatoms. The van der Waals surface area contributed by atoms with Crippen molar-refractivity contribution in [3.8, 4) is 11.5 Å². The van der Waals surface area contributed by atoms with Gasteiger partial charge in [0, 0.05) is 19.7 Å². The van der Waals surface area contributed by atoms with Crippen molar-refractivity contribution >= 4 is 28.8 Å². The van der Waals surface area contributed by atoms with Crippen LogP contribution in [-0.2, 0) is 6.54 Å². The minimum absolute atomic E-state index is 0.0787. The molecule has 0 saturated heterocycles. The maximum atomic E-state index is 12.5. The monoisotopic (exact) mass is 517 g/mol. The summed E-state index contributed by atoms with van der Waals surface area (Å²) in [7, 11) is 1.85. The molecule has 0 aliphatic carbocycles. The number of allylic oxidation sites excluding steroid dienone is 1. The number of ketones is 1. The molecule has 3 heterocycles. The molecular weight excluding hydrogens is 495 g/mol. The molecule has 0 radical (unpaired) electrons. The summed E-state index contributed by atoms with van der Waals surface area (Å²) < 4.78 is 48.0.